The van der Waals surface area contributed by atoms with Crippen LogP contribution in [0.4, 0.5) is 0 Å². The largest absolute Gasteiger partial charge is 0.467 e. The first-order chi connectivity index (χ1) is 24.1. The van der Waals surface area contributed by atoms with Crippen molar-refractivity contribution in [2.24, 2.45) is 0 Å². The molecule has 10 atom stereocenters. The molecule has 0 amide bonds. The van der Waals surface area contributed by atoms with Crippen molar-refractivity contribution in [3.8, 4) is 0 Å². The first kappa shape index (κ1) is 36.5. The molecule has 15 heteroatoms. The highest BCUT2D eigenvalue weighted by atomic mass is 16.8. The van der Waals surface area contributed by atoms with Crippen LogP contribution in [0.1, 0.15) is 31.1 Å². The minimum Gasteiger partial charge on any atom is -0.467 e. The number of carbonyl (C=O) groups is 4. The maximum absolute atomic E-state index is 13.5. The lowest BCUT2D eigenvalue weighted by atomic mass is 9.97. The maximum atomic E-state index is 13.5. The van der Waals surface area contributed by atoms with Crippen molar-refractivity contribution in [2.45, 2.75) is 61.4 Å². The zero-order valence-corrected chi connectivity index (χ0v) is 26.9. The lowest BCUT2D eigenvalue weighted by molar-refractivity contribution is -0.323. The van der Waals surface area contributed by atoms with Crippen molar-refractivity contribution >= 4 is 23.9 Å². The van der Waals surface area contributed by atoms with Crippen molar-refractivity contribution in [1.82, 2.24) is 0 Å². The molecule has 2 aliphatic rings. The summed E-state index contributed by atoms with van der Waals surface area (Å²) in [5.41, 5.74) is 0.236. The first-order valence-electron chi connectivity index (χ1n) is 15.5. The van der Waals surface area contributed by atoms with Gasteiger partial charge >= 0.3 is 23.9 Å². The summed E-state index contributed by atoms with van der Waals surface area (Å²) in [5, 5.41) is 31.2. The zero-order chi connectivity index (χ0) is 35.8. The molecule has 3 aromatic rings. The highest BCUT2D eigenvalue weighted by Gasteiger charge is 2.56. The van der Waals surface area contributed by atoms with Crippen LogP contribution < -0.4 is 0 Å². The Balaban J connectivity index is 1.54. The molecule has 0 bridgehead atoms. The number of esters is 4. The molecule has 3 N–H and O–H groups in total. The van der Waals surface area contributed by atoms with Gasteiger partial charge in [-0.3, -0.25) is 0 Å². The Bertz CT molecular complexity index is 1590. The minimum absolute atomic E-state index is 0.0734. The minimum atomic E-state index is -1.81. The van der Waals surface area contributed by atoms with Crippen molar-refractivity contribution in [1.29, 1.82) is 0 Å². The number of aliphatic hydroxyl groups is 3. The van der Waals surface area contributed by atoms with Gasteiger partial charge in [0.1, 0.15) is 24.4 Å². The van der Waals surface area contributed by atoms with Crippen LogP contribution in [-0.2, 0) is 42.7 Å². The number of benzene rings is 3. The molecule has 266 valence electrons. The summed E-state index contributed by atoms with van der Waals surface area (Å²) in [4.78, 5) is 53.6. The average molecular weight is 697 g/mol. The van der Waals surface area contributed by atoms with Gasteiger partial charge < -0.3 is 53.2 Å². The van der Waals surface area contributed by atoms with E-state index in [-0.39, 0.29) is 16.7 Å². The second-order valence-electron chi connectivity index (χ2n) is 11.2. The fourth-order valence-electron chi connectivity index (χ4n) is 5.38. The third-order valence-corrected chi connectivity index (χ3v) is 8.01. The normalized spacial score (nSPS) is 29.3. The fourth-order valence-corrected chi connectivity index (χ4v) is 5.38. The number of rotatable bonds is 11. The van der Waals surface area contributed by atoms with E-state index in [2.05, 4.69) is 0 Å². The summed E-state index contributed by atoms with van der Waals surface area (Å²) >= 11 is 0. The van der Waals surface area contributed by atoms with Gasteiger partial charge in [0.25, 0.3) is 0 Å². The van der Waals surface area contributed by atoms with E-state index >= 15 is 0 Å². The summed E-state index contributed by atoms with van der Waals surface area (Å²) in [7, 11) is 2.26. The molecular formula is C35H36O15. The van der Waals surface area contributed by atoms with Crippen LogP contribution in [0.25, 0.3) is 0 Å². The summed E-state index contributed by atoms with van der Waals surface area (Å²) < 4.78 is 44.9. The third-order valence-electron chi connectivity index (χ3n) is 8.01. The molecule has 0 aliphatic carbocycles. The summed E-state index contributed by atoms with van der Waals surface area (Å²) in [6, 6.07) is 23.2. The molecule has 0 unspecified atom stereocenters. The standard InChI is InChI=1S/C35H36O15/c1-43-33(42)28-26(47-30(39)19-12-6-3-7-13-19)27(48-31(40)20-14-8-4-9-15-20)29(49-32(41)21-16-10-5-11-17-21)35(50-28)45-18-22-23(36)24(37)25(38)34(44-2)46-22/h3-17,22-29,34-38H,18H2,1-2H3/t22-,23+,24+,25-,26+,27+,28+,29-,34-,35-/m1/s1. The number of carbonyl (C=O) groups excluding carboxylic acids is 4. The van der Waals surface area contributed by atoms with E-state index in [1.165, 1.54) is 43.5 Å². The lowest BCUT2D eigenvalue weighted by Crippen LogP contribution is -2.65. The van der Waals surface area contributed by atoms with Crippen LogP contribution in [0, 0.1) is 0 Å². The van der Waals surface area contributed by atoms with Gasteiger partial charge in [-0.2, -0.15) is 0 Å². The Morgan fingerprint density at radius 1 is 0.580 bits per heavy atom. The van der Waals surface area contributed by atoms with E-state index < -0.39 is 91.9 Å². The van der Waals surface area contributed by atoms with Crippen LogP contribution in [0.3, 0.4) is 0 Å². The molecule has 0 spiro atoms. The van der Waals surface area contributed by atoms with E-state index in [1.54, 1.807) is 54.6 Å². The van der Waals surface area contributed by atoms with E-state index in [4.69, 9.17) is 37.9 Å². The van der Waals surface area contributed by atoms with Gasteiger partial charge in [-0.05, 0) is 36.4 Å². The molecule has 0 radical (unpaired) electrons. The molecular weight excluding hydrogens is 660 g/mol. The van der Waals surface area contributed by atoms with Crippen molar-refractivity contribution < 1.29 is 72.4 Å². The topological polar surface area (TPSA) is 203 Å². The molecule has 2 fully saturated rings. The highest BCUT2D eigenvalue weighted by molar-refractivity contribution is 5.91. The van der Waals surface area contributed by atoms with Gasteiger partial charge in [0.15, 0.2) is 37.0 Å². The summed E-state index contributed by atoms with van der Waals surface area (Å²) in [6.07, 6.45) is -16.5. The smallest absolute Gasteiger partial charge is 0.339 e. The van der Waals surface area contributed by atoms with Gasteiger partial charge in [0.2, 0.25) is 0 Å². The highest BCUT2D eigenvalue weighted by Crippen LogP contribution is 2.33. The molecule has 3 aromatic carbocycles. The average Bonchev–Trinajstić information content (AvgIpc) is 3.15. The number of hydrogen-bond acceptors (Lipinski definition) is 15. The van der Waals surface area contributed by atoms with Gasteiger partial charge in [0.05, 0.1) is 30.4 Å². The molecule has 15 nitrogen and oxygen atoms in total. The Hall–Kier alpha value is -4.74. The van der Waals surface area contributed by atoms with E-state index in [9.17, 15) is 34.5 Å². The van der Waals surface area contributed by atoms with Crippen molar-refractivity contribution in [2.75, 3.05) is 20.8 Å². The second kappa shape index (κ2) is 16.8. The SMILES string of the molecule is COC(=O)[C@H]1O[C@@H](OC[C@H]2O[C@@H](OC)[C@H](O)[C@@H](O)[C@H]2O)[C@H](OC(=O)c2ccccc2)[C@@H](OC(=O)c2ccccc2)[C@@H]1OC(=O)c1ccccc1. The fraction of sp³-hybridized carbons (Fsp3) is 0.371. The Labute approximate surface area is 286 Å². The van der Waals surface area contributed by atoms with E-state index in [0.717, 1.165) is 7.11 Å². The maximum Gasteiger partial charge on any atom is 0.339 e. The summed E-state index contributed by atoms with van der Waals surface area (Å²) in [6.45, 7) is -0.601. The zero-order valence-electron chi connectivity index (χ0n) is 26.9. The molecule has 2 aliphatic heterocycles. The molecule has 50 heavy (non-hydrogen) atoms. The number of ether oxygens (including phenoxy) is 8. The Kier molecular flexibility index (Phi) is 12.3. The molecule has 0 aromatic heterocycles. The molecule has 2 heterocycles. The van der Waals surface area contributed by atoms with Gasteiger partial charge in [-0.25, -0.2) is 19.2 Å². The Morgan fingerprint density at radius 3 is 1.50 bits per heavy atom. The second-order valence-corrected chi connectivity index (χ2v) is 11.2. The molecule has 5 rings (SSSR count). The first-order valence-corrected chi connectivity index (χ1v) is 15.5. The lowest BCUT2D eigenvalue weighted by Gasteiger charge is -2.44. The van der Waals surface area contributed by atoms with Gasteiger partial charge in [-0.15, -0.1) is 0 Å². The molecule has 2 saturated heterocycles. The predicted octanol–water partition coefficient (Wildman–Crippen LogP) is 1.03. The van der Waals surface area contributed by atoms with Crippen molar-refractivity contribution in [3.05, 3.63) is 108 Å². The van der Waals surface area contributed by atoms with E-state index in [1.807, 2.05) is 0 Å². The third kappa shape index (κ3) is 8.34. The quantitative estimate of drug-likeness (QED) is 0.189. The van der Waals surface area contributed by atoms with Gasteiger partial charge in [0, 0.05) is 7.11 Å². The van der Waals surface area contributed by atoms with Crippen LogP contribution in [0.5, 0.6) is 0 Å². The van der Waals surface area contributed by atoms with Crippen LogP contribution in [0.2, 0.25) is 0 Å². The summed E-state index contributed by atoms with van der Waals surface area (Å²) in [5.74, 6) is -3.86. The van der Waals surface area contributed by atoms with Crippen LogP contribution >= 0.6 is 0 Å². The number of aliphatic hydroxyl groups excluding tert-OH is 3. The van der Waals surface area contributed by atoms with E-state index in [0.29, 0.717) is 0 Å². The number of hydrogen-bond donors (Lipinski definition) is 3. The van der Waals surface area contributed by atoms with Gasteiger partial charge in [-0.1, -0.05) is 54.6 Å². The number of methoxy groups -OCH3 is 2. The van der Waals surface area contributed by atoms with Crippen LogP contribution in [0.15, 0.2) is 91.0 Å². The Morgan fingerprint density at radius 2 is 1.04 bits per heavy atom. The van der Waals surface area contributed by atoms with Crippen LogP contribution in [-0.4, -0.2) is 121 Å². The predicted molar refractivity (Wildman–Crippen MR) is 167 cm³/mol. The molecule has 0 saturated carbocycles. The monoisotopic (exact) mass is 696 g/mol. The van der Waals surface area contributed by atoms with Crippen molar-refractivity contribution in [3.63, 3.8) is 0 Å².